The Kier molecular flexibility index (Phi) is 12.2. The number of hydrogen-bond donors (Lipinski definition) is 1. The van der Waals surface area contributed by atoms with Gasteiger partial charge < -0.3 is 15.0 Å². The monoisotopic (exact) mass is 709 g/mol. The van der Waals surface area contributed by atoms with Crippen molar-refractivity contribution in [3.05, 3.63) is 124 Å². The number of aryl methyl sites for hydroxylation is 1. The second kappa shape index (κ2) is 15.9. The molecule has 0 aliphatic carbocycles. The van der Waals surface area contributed by atoms with Crippen molar-refractivity contribution in [2.45, 2.75) is 64.1 Å². The maximum Gasteiger partial charge on any atom is 0.264 e. The highest BCUT2D eigenvalue weighted by Gasteiger charge is 2.36. The van der Waals surface area contributed by atoms with E-state index in [1.807, 2.05) is 65.0 Å². The number of anilines is 1. The molecule has 4 aromatic rings. The van der Waals surface area contributed by atoms with Crippen molar-refractivity contribution < 1.29 is 22.7 Å². The number of benzene rings is 4. The van der Waals surface area contributed by atoms with E-state index in [0.29, 0.717) is 28.0 Å². The maximum atomic E-state index is 14.7. The zero-order chi connectivity index (χ0) is 35.1. The second-order valence-electron chi connectivity index (χ2n) is 12.5. The number of sulfonamides is 1. The van der Waals surface area contributed by atoms with Crippen molar-refractivity contribution in [3.8, 4) is 5.75 Å². The Morgan fingerprint density at radius 3 is 2.12 bits per heavy atom. The van der Waals surface area contributed by atoms with Gasteiger partial charge in [0.25, 0.3) is 10.0 Å². The van der Waals surface area contributed by atoms with E-state index in [4.69, 9.17) is 27.9 Å². The molecule has 0 aliphatic heterocycles. The largest absolute Gasteiger partial charge is 0.494 e. The molecular formula is C37H41Cl2N3O5S. The van der Waals surface area contributed by atoms with Gasteiger partial charge in [0.2, 0.25) is 11.8 Å². The van der Waals surface area contributed by atoms with E-state index in [0.717, 1.165) is 15.4 Å². The van der Waals surface area contributed by atoms with Gasteiger partial charge in [-0.2, -0.15) is 0 Å². The third kappa shape index (κ3) is 9.75. The minimum absolute atomic E-state index is 0.0217. The van der Waals surface area contributed by atoms with E-state index in [9.17, 15) is 18.0 Å². The van der Waals surface area contributed by atoms with E-state index < -0.39 is 40.0 Å². The zero-order valence-corrected chi connectivity index (χ0v) is 30.1. The first kappa shape index (κ1) is 36.8. The molecular weight excluding hydrogens is 669 g/mol. The number of amides is 2. The molecule has 1 N–H and O–H groups in total. The van der Waals surface area contributed by atoms with Crippen molar-refractivity contribution in [2.75, 3.05) is 17.5 Å². The molecule has 0 unspecified atom stereocenters. The highest BCUT2D eigenvalue weighted by molar-refractivity contribution is 7.92. The van der Waals surface area contributed by atoms with Crippen molar-refractivity contribution in [2.24, 2.45) is 0 Å². The zero-order valence-electron chi connectivity index (χ0n) is 27.7. The van der Waals surface area contributed by atoms with Gasteiger partial charge in [-0.05, 0) is 94.3 Å². The van der Waals surface area contributed by atoms with Crippen LogP contribution in [0.2, 0.25) is 10.0 Å². The van der Waals surface area contributed by atoms with Crippen LogP contribution in [-0.2, 0) is 32.6 Å². The van der Waals surface area contributed by atoms with E-state index >= 15 is 0 Å². The van der Waals surface area contributed by atoms with E-state index in [1.165, 1.54) is 17.0 Å². The number of nitrogens with zero attached hydrogens (tertiary/aromatic N) is 2. The van der Waals surface area contributed by atoms with E-state index in [-0.39, 0.29) is 23.5 Å². The molecule has 0 spiro atoms. The molecule has 0 radical (unpaired) electrons. The molecule has 0 saturated heterocycles. The summed E-state index contributed by atoms with van der Waals surface area (Å²) < 4.78 is 35.1. The smallest absolute Gasteiger partial charge is 0.264 e. The van der Waals surface area contributed by atoms with Crippen LogP contribution in [-0.4, -0.2) is 49.9 Å². The first-order valence-electron chi connectivity index (χ1n) is 15.6. The summed E-state index contributed by atoms with van der Waals surface area (Å²) >= 11 is 12.8. The number of halogens is 2. The van der Waals surface area contributed by atoms with Crippen LogP contribution in [0, 0.1) is 6.92 Å². The molecule has 11 heteroatoms. The predicted molar refractivity (Wildman–Crippen MR) is 192 cm³/mol. The molecule has 0 aliphatic rings. The number of hydrogen-bond acceptors (Lipinski definition) is 5. The fourth-order valence-corrected chi connectivity index (χ4v) is 6.96. The third-order valence-corrected chi connectivity index (χ3v) is 9.82. The summed E-state index contributed by atoms with van der Waals surface area (Å²) in [5.41, 5.74) is 1.90. The highest BCUT2D eigenvalue weighted by atomic mass is 35.5. The van der Waals surface area contributed by atoms with Crippen molar-refractivity contribution in [1.82, 2.24) is 10.2 Å². The first-order chi connectivity index (χ1) is 22.7. The third-order valence-electron chi connectivity index (χ3n) is 7.45. The summed E-state index contributed by atoms with van der Waals surface area (Å²) in [7, 11) is -4.24. The summed E-state index contributed by atoms with van der Waals surface area (Å²) in [4.78, 5) is 30.1. The summed E-state index contributed by atoms with van der Waals surface area (Å²) in [5.74, 6) is -0.435. The average molecular weight is 711 g/mol. The predicted octanol–water partition coefficient (Wildman–Crippen LogP) is 7.45. The Balaban J connectivity index is 1.84. The summed E-state index contributed by atoms with van der Waals surface area (Å²) in [6.07, 6.45) is 0.174. The SMILES string of the molecule is CCOc1ccc(N(CC(=O)N(Cc2ccc(Cl)cc2Cl)[C@@H](Cc2ccccc2)C(=O)NC(C)(C)C)S(=O)(=O)c2ccc(C)cc2)cc1. The normalized spacial score (nSPS) is 12.2. The van der Waals surface area contributed by atoms with Gasteiger partial charge in [-0.1, -0.05) is 77.3 Å². The molecule has 4 rings (SSSR count). The molecule has 4 aromatic carbocycles. The van der Waals surface area contributed by atoms with Gasteiger partial charge >= 0.3 is 0 Å². The Bertz CT molecular complexity index is 1810. The van der Waals surface area contributed by atoms with Gasteiger partial charge in [-0.3, -0.25) is 13.9 Å². The van der Waals surface area contributed by atoms with Crippen molar-refractivity contribution in [1.29, 1.82) is 0 Å². The lowest BCUT2D eigenvalue weighted by Gasteiger charge is -2.35. The highest BCUT2D eigenvalue weighted by Crippen LogP contribution is 2.29. The van der Waals surface area contributed by atoms with Crippen LogP contribution >= 0.6 is 23.2 Å². The summed E-state index contributed by atoms with van der Waals surface area (Å²) in [6.45, 7) is 9.04. The molecule has 2 amide bonds. The topological polar surface area (TPSA) is 96.0 Å². The fourth-order valence-electron chi connectivity index (χ4n) is 5.08. The minimum Gasteiger partial charge on any atom is -0.494 e. The van der Waals surface area contributed by atoms with Crippen LogP contribution < -0.4 is 14.4 Å². The van der Waals surface area contributed by atoms with Gasteiger partial charge in [-0.25, -0.2) is 8.42 Å². The van der Waals surface area contributed by atoms with Crippen LogP contribution in [0.1, 0.15) is 44.4 Å². The van der Waals surface area contributed by atoms with E-state index in [1.54, 1.807) is 54.6 Å². The quantitative estimate of drug-likeness (QED) is 0.156. The fraction of sp³-hybridized carbons (Fsp3) is 0.297. The van der Waals surface area contributed by atoms with E-state index in [2.05, 4.69) is 5.32 Å². The molecule has 1 atom stereocenters. The average Bonchev–Trinajstić information content (AvgIpc) is 3.03. The number of carbonyl (C=O) groups excluding carboxylic acids is 2. The number of nitrogens with one attached hydrogen (secondary N) is 1. The molecule has 0 saturated carbocycles. The molecule has 254 valence electrons. The maximum absolute atomic E-state index is 14.7. The van der Waals surface area contributed by atoms with Crippen LogP contribution in [0.3, 0.4) is 0 Å². The second-order valence-corrected chi connectivity index (χ2v) is 15.2. The number of ether oxygens (including phenoxy) is 1. The van der Waals surface area contributed by atoms with Gasteiger partial charge in [0.05, 0.1) is 17.2 Å². The van der Waals surface area contributed by atoms with Crippen LogP contribution in [0.25, 0.3) is 0 Å². The van der Waals surface area contributed by atoms with Crippen LogP contribution in [0.15, 0.2) is 102 Å². The van der Waals surface area contributed by atoms with Gasteiger partial charge in [0.15, 0.2) is 0 Å². The Morgan fingerprint density at radius 2 is 1.54 bits per heavy atom. The minimum atomic E-state index is -4.24. The lowest BCUT2D eigenvalue weighted by molar-refractivity contribution is -0.140. The van der Waals surface area contributed by atoms with Crippen molar-refractivity contribution in [3.63, 3.8) is 0 Å². The molecule has 0 heterocycles. The first-order valence-corrected chi connectivity index (χ1v) is 17.8. The lowest BCUT2D eigenvalue weighted by atomic mass is 10.0. The van der Waals surface area contributed by atoms with Crippen molar-refractivity contribution >= 4 is 50.7 Å². The molecule has 0 fully saturated rings. The molecule has 0 aromatic heterocycles. The standard InChI is InChI=1S/C37H41Cl2N3O5S/c1-6-47-31-18-16-30(17-19-31)42(48(45,46)32-20-12-26(2)13-21-32)25-35(43)41(24-28-14-15-29(38)23-33(28)39)34(36(44)40-37(3,4)5)22-27-10-8-7-9-11-27/h7-21,23,34H,6,22,24-25H2,1-5H3,(H,40,44)/t34-/m0/s1. The molecule has 48 heavy (non-hydrogen) atoms. The summed E-state index contributed by atoms with van der Waals surface area (Å²) in [5, 5.41) is 3.74. The Hall–Kier alpha value is -4.05. The van der Waals surface area contributed by atoms with Crippen LogP contribution in [0.4, 0.5) is 5.69 Å². The Labute approximate surface area is 293 Å². The van der Waals surface area contributed by atoms with Gasteiger partial charge in [0, 0.05) is 28.5 Å². The molecule has 0 bridgehead atoms. The van der Waals surface area contributed by atoms with Gasteiger partial charge in [0.1, 0.15) is 18.3 Å². The lowest BCUT2D eigenvalue weighted by Crippen LogP contribution is -2.56. The van der Waals surface area contributed by atoms with Gasteiger partial charge in [-0.15, -0.1) is 0 Å². The number of rotatable bonds is 13. The number of carbonyl (C=O) groups is 2. The Morgan fingerprint density at radius 1 is 0.896 bits per heavy atom. The summed E-state index contributed by atoms with van der Waals surface area (Å²) in [6, 6.07) is 26.2. The molecule has 8 nitrogen and oxygen atoms in total. The van der Waals surface area contributed by atoms with Crippen LogP contribution in [0.5, 0.6) is 5.75 Å².